The molecule has 0 aromatic rings. The molecule has 4 aliphatic carbocycles. The van der Waals surface area contributed by atoms with E-state index in [-0.39, 0.29) is 38.4 Å². The highest BCUT2D eigenvalue weighted by atomic mass is 16.6. The normalized spacial score (nSPS) is 29.4. The van der Waals surface area contributed by atoms with Gasteiger partial charge in [0.1, 0.15) is 0 Å². The molecule has 4 rings (SSSR count). The van der Waals surface area contributed by atoms with Gasteiger partial charge in [0.15, 0.2) is 0 Å². The lowest BCUT2D eigenvalue weighted by atomic mass is 9.44. The summed E-state index contributed by atoms with van der Waals surface area (Å²) in [6.07, 6.45) is 11.3. The maximum absolute atomic E-state index is 13.1. The van der Waals surface area contributed by atoms with Crippen molar-refractivity contribution in [3.05, 3.63) is 24.3 Å². The van der Waals surface area contributed by atoms with Crippen LogP contribution in [0.3, 0.4) is 0 Å². The van der Waals surface area contributed by atoms with Crippen molar-refractivity contribution in [2.75, 3.05) is 26.4 Å². The molecule has 0 amide bonds. The molecule has 8 nitrogen and oxygen atoms in total. The molecule has 0 saturated heterocycles. The number of carbonyl (C=O) groups excluding carboxylic acids is 4. The highest BCUT2D eigenvalue weighted by Gasteiger charge is 2.64. The topological polar surface area (TPSA) is 105 Å². The van der Waals surface area contributed by atoms with Gasteiger partial charge in [-0.3, -0.25) is 9.59 Å². The minimum atomic E-state index is -0.632. The molecule has 0 radical (unpaired) electrons. The van der Waals surface area contributed by atoms with Gasteiger partial charge in [0.2, 0.25) is 0 Å². The van der Waals surface area contributed by atoms with Gasteiger partial charge in [0.25, 0.3) is 0 Å². The molecule has 0 unspecified atom stereocenters. The Balaban J connectivity index is 1.49. The van der Waals surface area contributed by atoms with Gasteiger partial charge in [0.05, 0.1) is 37.3 Å². The van der Waals surface area contributed by atoms with Crippen LogP contribution in [0.4, 0.5) is 0 Å². The van der Waals surface area contributed by atoms with Crippen LogP contribution in [0, 0.1) is 22.7 Å². The summed E-state index contributed by atoms with van der Waals surface area (Å²) >= 11 is 0. The fraction of sp³-hybridized carbons (Fsp3) is 0.692. The van der Waals surface area contributed by atoms with E-state index in [2.05, 4.69) is 0 Å². The standard InChI is InChI=1S/C26H36O8/c1-3-7-21(27)31-9-5-11-33-23(29)25-14-19-13-20(15-25)17-26(16-19,18-25)24(30)34-12-6-10-32-22(28)8-4-2/h3-4,7-8,19-20H,5-6,9-18H2,1-2H3. The highest BCUT2D eigenvalue weighted by Crippen LogP contribution is 2.66. The van der Waals surface area contributed by atoms with Crippen molar-refractivity contribution in [3.8, 4) is 0 Å². The van der Waals surface area contributed by atoms with Gasteiger partial charge in [-0.1, -0.05) is 12.2 Å². The summed E-state index contributed by atoms with van der Waals surface area (Å²) in [6, 6.07) is 0. The van der Waals surface area contributed by atoms with E-state index in [1.807, 2.05) is 0 Å². The van der Waals surface area contributed by atoms with Gasteiger partial charge < -0.3 is 18.9 Å². The Morgan fingerprint density at radius 3 is 1.44 bits per heavy atom. The van der Waals surface area contributed by atoms with Gasteiger partial charge in [-0.15, -0.1) is 0 Å². The number of hydrogen-bond acceptors (Lipinski definition) is 8. The summed E-state index contributed by atoms with van der Waals surface area (Å²) < 4.78 is 21.3. The van der Waals surface area contributed by atoms with Crippen molar-refractivity contribution in [3.63, 3.8) is 0 Å². The van der Waals surface area contributed by atoms with Crippen LogP contribution in [0.5, 0.6) is 0 Å². The van der Waals surface area contributed by atoms with Crippen LogP contribution in [-0.2, 0) is 38.1 Å². The Hall–Kier alpha value is -2.64. The first-order chi connectivity index (χ1) is 16.3. The zero-order valence-electron chi connectivity index (χ0n) is 20.2. The molecule has 4 fully saturated rings. The third-order valence-electron chi connectivity index (χ3n) is 7.06. The van der Waals surface area contributed by atoms with Gasteiger partial charge >= 0.3 is 23.9 Å². The van der Waals surface area contributed by atoms with E-state index in [1.165, 1.54) is 12.2 Å². The first-order valence-electron chi connectivity index (χ1n) is 12.3. The zero-order chi connectivity index (χ0) is 24.6. The molecule has 0 N–H and O–H groups in total. The fourth-order valence-electron chi connectivity index (χ4n) is 6.21. The van der Waals surface area contributed by atoms with E-state index in [0.29, 0.717) is 31.1 Å². The number of hydrogen-bond donors (Lipinski definition) is 0. The fourth-order valence-corrected chi connectivity index (χ4v) is 6.21. The molecule has 0 aromatic heterocycles. The van der Waals surface area contributed by atoms with Crippen molar-refractivity contribution in [1.29, 1.82) is 0 Å². The van der Waals surface area contributed by atoms with Gasteiger partial charge in [-0.25, -0.2) is 9.59 Å². The molecule has 0 atom stereocenters. The lowest BCUT2D eigenvalue weighted by molar-refractivity contribution is -0.194. The van der Waals surface area contributed by atoms with E-state index < -0.39 is 22.8 Å². The van der Waals surface area contributed by atoms with Gasteiger partial charge in [-0.2, -0.15) is 0 Å². The summed E-state index contributed by atoms with van der Waals surface area (Å²) in [4.78, 5) is 49.0. The Labute approximate surface area is 201 Å². The number of allylic oxidation sites excluding steroid dienone is 2. The minimum Gasteiger partial charge on any atom is -0.465 e. The third-order valence-corrected chi connectivity index (χ3v) is 7.06. The van der Waals surface area contributed by atoms with E-state index in [9.17, 15) is 19.2 Å². The Kier molecular flexibility index (Phi) is 8.91. The minimum absolute atomic E-state index is 0.183. The van der Waals surface area contributed by atoms with Gasteiger partial charge in [-0.05, 0) is 64.2 Å². The van der Waals surface area contributed by atoms with Crippen molar-refractivity contribution in [2.45, 2.75) is 65.2 Å². The smallest absolute Gasteiger partial charge is 0.330 e. The number of carbonyl (C=O) groups is 4. The Morgan fingerprint density at radius 2 is 1.06 bits per heavy atom. The molecule has 34 heavy (non-hydrogen) atoms. The van der Waals surface area contributed by atoms with Gasteiger partial charge in [0, 0.05) is 25.0 Å². The van der Waals surface area contributed by atoms with Crippen LogP contribution in [0.2, 0.25) is 0 Å². The molecule has 0 aromatic carbocycles. The summed E-state index contributed by atoms with van der Waals surface area (Å²) in [5.74, 6) is -0.656. The lowest BCUT2D eigenvalue weighted by Crippen LogP contribution is -2.58. The summed E-state index contributed by atoms with van der Waals surface area (Å²) in [7, 11) is 0. The SMILES string of the molecule is CC=CC(=O)OCCCOC(=O)C12CC3CC(C1)CC(C(=O)OCCCOC(=O)C=CC)(C3)C2. The summed E-state index contributed by atoms with van der Waals surface area (Å²) in [6.45, 7) is 4.22. The maximum Gasteiger partial charge on any atom is 0.330 e. The molecular weight excluding hydrogens is 440 g/mol. The Bertz CT molecular complexity index is 749. The van der Waals surface area contributed by atoms with Crippen LogP contribution in [0.1, 0.15) is 65.2 Å². The highest BCUT2D eigenvalue weighted by molar-refractivity contribution is 5.83. The second kappa shape index (κ2) is 11.7. The largest absolute Gasteiger partial charge is 0.465 e. The second-order valence-corrected chi connectivity index (χ2v) is 9.84. The number of rotatable bonds is 12. The second-order valence-electron chi connectivity index (χ2n) is 9.84. The zero-order valence-corrected chi connectivity index (χ0v) is 20.2. The van der Waals surface area contributed by atoms with Crippen LogP contribution < -0.4 is 0 Å². The number of esters is 4. The molecule has 0 heterocycles. The maximum atomic E-state index is 13.1. The number of ether oxygens (including phenoxy) is 4. The molecule has 0 aliphatic heterocycles. The molecule has 4 saturated carbocycles. The van der Waals surface area contributed by atoms with Crippen molar-refractivity contribution >= 4 is 23.9 Å². The molecular formula is C26H36O8. The quantitative estimate of drug-likeness (QED) is 0.182. The molecule has 188 valence electrons. The van der Waals surface area contributed by atoms with E-state index in [0.717, 1.165) is 32.1 Å². The summed E-state index contributed by atoms with van der Waals surface area (Å²) in [5.41, 5.74) is -1.26. The lowest BCUT2D eigenvalue weighted by Gasteiger charge is -2.59. The molecule has 0 spiro atoms. The average Bonchev–Trinajstić information content (AvgIpc) is 2.78. The van der Waals surface area contributed by atoms with E-state index in [4.69, 9.17) is 18.9 Å². The van der Waals surface area contributed by atoms with E-state index in [1.54, 1.807) is 26.0 Å². The molecule has 4 aliphatic rings. The monoisotopic (exact) mass is 476 g/mol. The van der Waals surface area contributed by atoms with Crippen LogP contribution in [0.15, 0.2) is 24.3 Å². The third kappa shape index (κ3) is 6.27. The Morgan fingerprint density at radius 1 is 0.676 bits per heavy atom. The van der Waals surface area contributed by atoms with Crippen molar-refractivity contribution < 1.29 is 38.1 Å². The molecule has 4 bridgehead atoms. The van der Waals surface area contributed by atoms with Crippen LogP contribution >= 0.6 is 0 Å². The predicted octanol–water partition coefficient (Wildman–Crippen LogP) is 3.68. The van der Waals surface area contributed by atoms with Crippen molar-refractivity contribution in [1.82, 2.24) is 0 Å². The molecule has 8 heteroatoms. The van der Waals surface area contributed by atoms with Crippen molar-refractivity contribution in [2.24, 2.45) is 22.7 Å². The first kappa shape index (κ1) is 26.0. The van der Waals surface area contributed by atoms with Crippen LogP contribution in [-0.4, -0.2) is 50.3 Å². The average molecular weight is 477 g/mol. The van der Waals surface area contributed by atoms with Crippen LogP contribution in [0.25, 0.3) is 0 Å². The predicted molar refractivity (Wildman–Crippen MR) is 122 cm³/mol. The summed E-state index contributed by atoms with van der Waals surface area (Å²) in [5, 5.41) is 0. The first-order valence-corrected chi connectivity index (χ1v) is 12.3. The van der Waals surface area contributed by atoms with E-state index >= 15 is 0 Å².